The molecule has 1 aliphatic heterocycles. The molecule has 4 rings (SSSR count). The highest BCUT2D eigenvalue weighted by Crippen LogP contribution is 2.29. The maximum atomic E-state index is 12.9. The molecule has 1 fully saturated rings. The summed E-state index contributed by atoms with van der Waals surface area (Å²) in [6, 6.07) is 14.3. The standard InChI is InChI=1S/C21H24N4O/c1-16-14-22-20(17-8-4-3-5-9-17)25(16)18-10-6-13-24(15-18)21(26)19-11-7-12-23(19)2/h3-5,7-9,11-12,14,18H,6,10,13,15H2,1-2H3. The van der Waals surface area contributed by atoms with Gasteiger partial charge in [-0.2, -0.15) is 0 Å². The predicted molar refractivity (Wildman–Crippen MR) is 102 cm³/mol. The van der Waals surface area contributed by atoms with Crippen LogP contribution in [-0.2, 0) is 7.05 Å². The molecule has 0 radical (unpaired) electrons. The van der Waals surface area contributed by atoms with Gasteiger partial charge in [0.2, 0.25) is 0 Å². The first-order valence-corrected chi connectivity index (χ1v) is 9.15. The van der Waals surface area contributed by atoms with Gasteiger partial charge in [-0.05, 0) is 31.9 Å². The Morgan fingerprint density at radius 3 is 2.69 bits per heavy atom. The summed E-state index contributed by atoms with van der Waals surface area (Å²) in [5.74, 6) is 1.10. The van der Waals surface area contributed by atoms with Crippen LogP contribution in [0.1, 0.15) is 35.1 Å². The van der Waals surface area contributed by atoms with Crippen molar-refractivity contribution in [2.45, 2.75) is 25.8 Å². The molecule has 1 aliphatic rings. The molecule has 1 amide bonds. The molecule has 3 heterocycles. The number of rotatable bonds is 3. The number of hydrogen-bond acceptors (Lipinski definition) is 2. The van der Waals surface area contributed by atoms with Gasteiger partial charge in [0.1, 0.15) is 11.5 Å². The molecule has 0 bridgehead atoms. The molecule has 1 unspecified atom stereocenters. The quantitative estimate of drug-likeness (QED) is 0.725. The second-order valence-electron chi connectivity index (χ2n) is 7.01. The largest absolute Gasteiger partial charge is 0.347 e. The molecule has 5 heteroatoms. The van der Waals surface area contributed by atoms with E-state index in [0.717, 1.165) is 48.7 Å². The lowest BCUT2D eigenvalue weighted by Gasteiger charge is -2.35. The van der Waals surface area contributed by atoms with E-state index in [1.165, 1.54) is 0 Å². The molecule has 3 aromatic rings. The van der Waals surface area contributed by atoms with Gasteiger partial charge in [0.05, 0.1) is 6.04 Å². The van der Waals surface area contributed by atoms with Crippen molar-refractivity contribution in [2.24, 2.45) is 7.05 Å². The summed E-state index contributed by atoms with van der Waals surface area (Å²) in [4.78, 5) is 19.6. The number of imidazole rings is 1. The minimum Gasteiger partial charge on any atom is -0.347 e. The molecule has 1 atom stereocenters. The molecule has 0 spiro atoms. The Morgan fingerprint density at radius 1 is 1.15 bits per heavy atom. The third-order valence-corrected chi connectivity index (χ3v) is 5.23. The maximum absolute atomic E-state index is 12.9. The number of nitrogens with zero attached hydrogens (tertiary/aromatic N) is 4. The van der Waals surface area contributed by atoms with Gasteiger partial charge in [-0.1, -0.05) is 30.3 Å². The molecule has 5 nitrogen and oxygen atoms in total. The number of aryl methyl sites for hydroxylation is 2. The fourth-order valence-corrected chi connectivity index (χ4v) is 3.90. The van der Waals surface area contributed by atoms with Crippen molar-refractivity contribution < 1.29 is 4.79 Å². The van der Waals surface area contributed by atoms with E-state index < -0.39 is 0 Å². The Balaban J connectivity index is 1.62. The number of benzene rings is 1. The van der Waals surface area contributed by atoms with Crippen LogP contribution in [0.2, 0.25) is 0 Å². The summed E-state index contributed by atoms with van der Waals surface area (Å²) in [5.41, 5.74) is 3.00. The van der Waals surface area contributed by atoms with Gasteiger partial charge in [-0.15, -0.1) is 0 Å². The van der Waals surface area contributed by atoms with Gasteiger partial charge in [0, 0.05) is 43.8 Å². The van der Waals surface area contributed by atoms with Crippen LogP contribution < -0.4 is 0 Å². The van der Waals surface area contributed by atoms with Crippen molar-refractivity contribution in [3.05, 3.63) is 66.2 Å². The summed E-state index contributed by atoms with van der Waals surface area (Å²) in [6.45, 7) is 3.63. The Bertz CT molecular complexity index is 909. The molecule has 0 saturated carbocycles. The Labute approximate surface area is 153 Å². The fraction of sp³-hybridized carbons (Fsp3) is 0.333. The van der Waals surface area contributed by atoms with E-state index in [-0.39, 0.29) is 11.9 Å². The molecule has 0 aliphatic carbocycles. The molecule has 0 N–H and O–H groups in total. The highest BCUT2D eigenvalue weighted by atomic mass is 16.2. The third-order valence-electron chi connectivity index (χ3n) is 5.23. The first-order chi connectivity index (χ1) is 12.6. The van der Waals surface area contributed by atoms with Crippen molar-refractivity contribution in [1.82, 2.24) is 19.0 Å². The van der Waals surface area contributed by atoms with Crippen LogP contribution in [0.15, 0.2) is 54.9 Å². The first-order valence-electron chi connectivity index (χ1n) is 9.15. The Kier molecular flexibility index (Phi) is 4.37. The van der Waals surface area contributed by atoms with E-state index in [0.29, 0.717) is 0 Å². The maximum Gasteiger partial charge on any atom is 0.270 e. The summed E-state index contributed by atoms with van der Waals surface area (Å²) in [5, 5.41) is 0. The second-order valence-corrected chi connectivity index (χ2v) is 7.01. The lowest BCUT2D eigenvalue weighted by molar-refractivity contribution is 0.0669. The number of carbonyl (C=O) groups is 1. The van der Waals surface area contributed by atoms with Gasteiger partial charge in [0.15, 0.2) is 0 Å². The number of likely N-dealkylation sites (tertiary alicyclic amines) is 1. The second kappa shape index (κ2) is 6.83. The molecule has 1 aromatic carbocycles. The summed E-state index contributed by atoms with van der Waals surface area (Å²) < 4.78 is 4.20. The first kappa shape index (κ1) is 16.6. The van der Waals surface area contributed by atoms with Gasteiger partial charge in [0.25, 0.3) is 5.91 Å². The molecule has 134 valence electrons. The summed E-state index contributed by atoms with van der Waals surface area (Å²) in [6.07, 6.45) is 5.92. The van der Waals surface area contributed by atoms with Crippen LogP contribution in [0.4, 0.5) is 0 Å². The van der Waals surface area contributed by atoms with Crippen LogP contribution in [0.5, 0.6) is 0 Å². The van der Waals surface area contributed by atoms with Crippen LogP contribution >= 0.6 is 0 Å². The average Bonchev–Trinajstić information content (AvgIpc) is 3.27. The zero-order valence-electron chi connectivity index (χ0n) is 15.3. The minimum absolute atomic E-state index is 0.112. The zero-order chi connectivity index (χ0) is 18.1. The van der Waals surface area contributed by atoms with Crippen molar-refractivity contribution >= 4 is 5.91 Å². The summed E-state index contributed by atoms with van der Waals surface area (Å²) in [7, 11) is 1.92. The molecular weight excluding hydrogens is 324 g/mol. The van der Waals surface area contributed by atoms with Gasteiger partial charge < -0.3 is 14.0 Å². The van der Waals surface area contributed by atoms with E-state index in [1.54, 1.807) is 0 Å². The lowest BCUT2D eigenvalue weighted by atomic mass is 10.0. The van der Waals surface area contributed by atoms with Crippen LogP contribution in [0.25, 0.3) is 11.4 Å². The number of hydrogen-bond donors (Lipinski definition) is 0. The SMILES string of the molecule is Cc1cnc(-c2ccccc2)n1C1CCCN(C(=O)c2cccn2C)C1. The smallest absolute Gasteiger partial charge is 0.270 e. The zero-order valence-corrected chi connectivity index (χ0v) is 15.3. The number of piperidine rings is 1. The summed E-state index contributed by atoms with van der Waals surface area (Å²) >= 11 is 0. The number of aromatic nitrogens is 3. The minimum atomic E-state index is 0.112. The van der Waals surface area contributed by atoms with Crippen LogP contribution in [-0.4, -0.2) is 38.0 Å². The van der Waals surface area contributed by atoms with Crippen molar-refractivity contribution in [3.63, 3.8) is 0 Å². The van der Waals surface area contributed by atoms with E-state index >= 15 is 0 Å². The monoisotopic (exact) mass is 348 g/mol. The number of carbonyl (C=O) groups excluding carboxylic acids is 1. The van der Waals surface area contributed by atoms with Crippen molar-refractivity contribution in [3.8, 4) is 11.4 Å². The lowest BCUT2D eigenvalue weighted by Crippen LogP contribution is -2.41. The topological polar surface area (TPSA) is 43.1 Å². The molecule has 26 heavy (non-hydrogen) atoms. The van der Waals surface area contributed by atoms with Crippen molar-refractivity contribution in [2.75, 3.05) is 13.1 Å². The molecular formula is C21H24N4O. The van der Waals surface area contributed by atoms with E-state index in [1.807, 2.05) is 59.2 Å². The van der Waals surface area contributed by atoms with Gasteiger partial charge >= 0.3 is 0 Å². The average molecular weight is 348 g/mol. The van der Waals surface area contributed by atoms with Crippen molar-refractivity contribution in [1.29, 1.82) is 0 Å². The van der Waals surface area contributed by atoms with E-state index in [2.05, 4.69) is 28.6 Å². The van der Waals surface area contributed by atoms with Crippen LogP contribution in [0, 0.1) is 6.92 Å². The van der Waals surface area contributed by atoms with E-state index in [4.69, 9.17) is 0 Å². The number of amides is 1. The highest BCUT2D eigenvalue weighted by molar-refractivity contribution is 5.92. The van der Waals surface area contributed by atoms with Gasteiger partial charge in [-0.25, -0.2) is 4.98 Å². The van der Waals surface area contributed by atoms with Gasteiger partial charge in [-0.3, -0.25) is 4.79 Å². The third kappa shape index (κ3) is 2.94. The predicted octanol–water partition coefficient (Wildman–Crippen LogP) is 3.67. The van der Waals surface area contributed by atoms with Crippen LogP contribution in [0.3, 0.4) is 0 Å². The molecule has 1 saturated heterocycles. The van der Waals surface area contributed by atoms with E-state index in [9.17, 15) is 4.79 Å². The fourth-order valence-electron chi connectivity index (χ4n) is 3.90. The Hall–Kier alpha value is -2.82. The highest BCUT2D eigenvalue weighted by Gasteiger charge is 2.28. The normalized spacial score (nSPS) is 17.5. The molecule has 2 aromatic heterocycles. The Morgan fingerprint density at radius 2 is 1.96 bits per heavy atom.